The molecule has 0 atom stereocenters. The van der Waals surface area contributed by atoms with E-state index in [1.807, 2.05) is 6.92 Å². The lowest BCUT2D eigenvalue weighted by molar-refractivity contribution is 0.601. The van der Waals surface area contributed by atoms with Crippen LogP contribution in [0, 0.1) is 13.8 Å². The van der Waals surface area contributed by atoms with Gasteiger partial charge in [0.15, 0.2) is 0 Å². The molecule has 0 amide bonds. The molecule has 0 aromatic carbocycles. The standard InChI is InChI=1S/C13H16N4O2S/c1-9-4-5-11(10(2)16-9)17-20(18,19)13-8-15-7-6-12(13)14-3/h4-8,17H,1-3H3,(H,14,15). The molecule has 2 N–H and O–H groups in total. The van der Waals surface area contributed by atoms with Crippen molar-refractivity contribution in [2.45, 2.75) is 18.7 Å². The molecule has 2 aromatic heterocycles. The fourth-order valence-corrected chi connectivity index (χ4v) is 3.07. The summed E-state index contributed by atoms with van der Waals surface area (Å²) >= 11 is 0. The Morgan fingerprint density at radius 2 is 1.85 bits per heavy atom. The Bertz CT molecular complexity index is 729. The molecule has 7 heteroatoms. The quantitative estimate of drug-likeness (QED) is 0.899. The van der Waals surface area contributed by atoms with Crippen molar-refractivity contribution in [3.8, 4) is 0 Å². The van der Waals surface area contributed by atoms with E-state index in [1.54, 1.807) is 32.2 Å². The molecule has 106 valence electrons. The Morgan fingerprint density at radius 1 is 1.10 bits per heavy atom. The predicted molar refractivity (Wildman–Crippen MR) is 78.3 cm³/mol. The van der Waals surface area contributed by atoms with E-state index in [-0.39, 0.29) is 4.90 Å². The largest absolute Gasteiger partial charge is 0.387 e. The van der Waals surface area contributed by atoms with Crippen molar-refractivity contribution < 1.29 is 8.42 Å². The SMILES string of the molecule is CNc1ccncc1S(=O)(=O)Nc1ccc(C)nc1C. The summed E-state index contributed by atoms with van der Waals surface area (Å²) in [6, 6.07) is 5.06. The summed E-state index contributed by atoms with van der Waals surface area (Å²) in [5.41, 5.74) is 2.41. The molecule has 0 saturated carbocycles. The van der Waals surface area contributed by atoms with Gasteiger partial charge in [-0.25, -0.2) is 8.42 Å². The highest BCUT2D eigenvalue weighted by Gasteiger charge is 2.19. The van der Waals surface area contributed by atoms with Crippen molar-refractivity contribution in [1.29, 1.82) is 0 Å². The van der Waals surface area contributed by atoms with Gasteiger partial charge in [0.1, 0.15) is 4.90 Å². The van der Waals surface area contributed by atoms with E-state index in [2.05, 4.69) is 20.0 Å². The maximum atomic E-state index is 12.4. The van der Waals surface area contributed by atoms with E-state index < -0.39 is 10.0 Å². The van der Waals surface area contributed by atoms with Crippen molar-refractivity contribution in [2.24, 2.45) is 0 Å². The zero-order chi connectivity index (χ0) is 14.8. The Hall–Kier alpha value is -2.15. The number of hydrogen-bond acceptors (Lipinski definition) is 5. The number of nitrogens with one attached hydrogen (secondary N) is 2. The fourth-order valence-electron chi connectivity index (χ4n) is 1.79. The second kappa shape index (κ2) is 5.46. The highest BCUT2D eigenvalue weighted by molar-refractivity contribution is 7.92. The first kappa shape index (κ1) is 14.3. The number of rotatable bonds is 4. The van der Waals surface area contributed by atoms with Crippen LogP contribution in [-0.4, -0.2) is 25.4 Å². The molecule has 20 heavy (non-hydrogen) atoms. The van der Waals surface area contributed by atoms with Gasteiger partial charge >= 0.3 is 0 Å². The third-order valence-corrected chi connectivity index (χ3v) is 4.21. The Balaban J connectivity index is 2.41. The lowest BCUT2D eigenvalue weighted by Gasteiger charge is -2.12. The number of aryl methyl sites for hydroxylation is 2. The van der Waals surface area contributed by atoms with Crippen LogP contribution >= 0.6 is 0 Å². The molecule has 0 aliphatic rings. The highest BCUT2D eigenvalue weighted by Crippen LogP contribution is 2.23. The molecule has 6 nitrogen and oxygen atoms in total. The first-order chi connectivity index (χ1) is 9.44. The molecule has 2 heterocycles. The van der Waals surface area contributed by atoms with Crippen molar-refractivity contribution >= 4 is 21.4 Å². The molecule has 0 bridgehead atoms. The fraction of sp³-hybridized carbons (Fsp3) is 0.231. The lowest BCUT2D eigenvalue weighted by Crippen LogP contribution is -2.16. The van der Waals surface area contributed by atoms with Gasteiger partial charge in [0.05, 0.1) is 17.1 Å². The van der Waals surface area contributed by atoms with Gasteiger partial charge in [-0.2, -0.15) is 0 Å². The number of aromatic nitrogens is 2. The summed E-state index contributed by atoms with van der Waals surface area (Å²) in [6.45, 7) is 3.61. The molecular weight excluding hydrogens is 276 g/mol. The van der Waals surface area contributed by atoms with Gasteiger partial charge < -0.3 is 5.32 Å². The molecule has 0 fully saturated rings. The summed E-state index contributed by atoms with van der Waals surface area (Å²) in [5.74, 6) is 0. The van der Waals surface area contributed by atoms with Gasteiger partial charge in [0, 0.05) is 25.1 Å². The van der Waals surface area contributed by atoms with Crippen LogP contribution in [0.2, 0.25) is 0 Å². The van der Waals surface area contributed by atoms with Crippen LogP contribution in [0.25, 0.3) is 0 Å². The second-order valence-corrected chi connectivity index (χ2v) is 5.96. The molecule has 0 saturated heterocycles. The summed E-state index contributed by atoms with van der Waals surface area (Å²) in [5, 5.41) is 2.84. The van der Waals surface area contributed by atoms with Gasteiger partial charge in [0.25, 0.3) is 10.0 Å². The van der Waals surface area contributed by atoms with Crippen LogP contribution in [0.1, 0.15) is 11.4 Å². The first-order valence-corrected chi connectivity index (χ1v) is 7.51. The van der Waals surface area contributed by atoms with E-state index in [0.29, 0.717) is 17.1 Å². The van der Waals surface area contributed by atoms with Crippen molar-refractivity contribution in [3.05, 3.63) is 42.0 Å². The second-order valence-electron chi connectivity index (χ2n) is 4.31. The summed E-state index contributed by atoms with van der Waals surface area (Å²) in [7, 11) is -2.05. The summed E-state index contributed by atoms with van der Waals surface area (Å²) in [4.78, 5) is 8.20. The zero-order valence-electron chi connectivity index (χ0n) is 11.5. The van der Waals surface area contributed by atoms with Crippen LogP contribution in [-0.2, 0) is 10.0 Å². The minimum absolute atomic E-state index is 0.0995. The molecule has 0 radical (unpaired) electrons. The monoisotopic (exact) mass is 292 g/mol. The van der Waals surface area contributed by atoms with E-state index in [1.165, 1.54) is 12.4 Å². The van der Waals surface area contributed by atoms with Gasteiger partial charge in [0.2, 0.25) is 0 Å². The normalized spacial score (nSPS) is 11.2. The third-order valence-electron chi connectivity index (χ3n) is 2.81. The van der Waals surface area contributed by atoms with Crippen molar-refractivity contribution in [2.75, 3.05) is 17.1 Å². The molecule has 0 unspecified atom stereocenters. The van der Waals surface area contributed by atoms with Crippen LogP contribution in [0.5, 0.6) is 0 Å². The third kappa shape index (κ3) is 2.88. The van der Waals surface area contributed by atoms with Crippen molar-refractivity contribution in [3.63, 3.8) is 0 Å². The van der Waals surface area contributed by atoms with E-state index >= 15 is 0 Å². The minimum Gasteiger partial charge on any atom is -0.387 e. The van der Waals surface area contributed by atoms with Gasteiger partial charge in [-0.3, -0.25) is 14.7 Å². The van der Waals surface area contributed by atoms with Crippen LogP contribution in [0.4, 0.5) is 11.4 Å². The average molecular weight is 292 g/mol. The topological polar surface area (TPSA) is 84.0 Å². The van der Waals surface area contributed by atoms with E-state index in [4.69, 9.17) is 0 Å². The Labute approximate surface area is 118 Å². The molecule has 2 aromatic rings. The number of hydrogen-bond donors (Lipinski definition) is 2. The molecule has 2 rings (SSSR count). The first-order valence-electron chi connectivity index (χ1n) is 6.03. The van der Waals surface area contributed by atoms with Gasteiger partial charge in [-0.15, -0.1) is 0 Å². The van der Waals surface area contributed by atoms with Crippen molar-refractivity contribution in [1.82, 2.24) is 9.97 Å². The smallest absolute Gasteiger partial charge is 0.265 e. The maximum Gasteiger partial charge on any atom is 0.265 e. The molecular formula is C13H16N4O2S. The van der Waals surface area contributed by atoms with Crippen LogP contribution in [0.3, 0.4) is 0 Å². The molecule has 0 spiro atoms. The van der Waals surface area contributed by atoms with Crippen LogP contribution < -0.4 is 10.0 Å². The number of sulfonamides is 1. The number of pyridine rings is 2. The minimum atomic E-state index is -3.71. The highest BCUT2D eigenvalue weighted by atomic mass is 32.2. The van der Waals surface area contributed by atoms with E-state index in [0.717, 1.165) is 5.69 Å². The Kier molecular flexibility index (Phi) is 3.89. The molecule has 0 aliphatic carbocycles. The zero-order valence-corrected chi connectivity index (χ0v) is 12.3. The van der Waals surface area contributed by atoms with Crippen LogP contribution in [0.15, 0.2) is 35.5 Å². The van der Waals surface area contributed by atoms with E-state index in [9.17, 15) is 8.42 Å². The summed E-state index contributed by atoms with van der Waals surface area (Å²) < 4.78 is 27.3. The van der Waals surface area contributed by atoms with Gasteiger partial charge in [-0.1, -0.05) is 0 Å². The number of anilines is 2. The Morgan fingerprint density at radius 3 is 2.50 bits per heavy atom. The summed E-state index contributed by atoms with van der Waals surface area (Å²) in [6.07, 6.45) is 2.84. The predicted octanol–water partition coefficient (Wildman–Crippen LogP) is 1.94. The van der Waals surface area contributed by atoms with Gasteiger partial charge in [-0.05, 0) is 32.0 Å². The maximum absolute atomic E-state index is 12.4. The lowest BCUT2D eigenvalue weighted by atomic mass is 10.3. The number of nitrogens with zero attached hydrogens (tertiary/aromatic N) is 2. The average Bonchev–Trinajstić information content (AvgIpc) is 2.42. The molecule has 0 aliphatic heterocycles.